The van der Waals surface area contributed by atoms with Gasteiger partial charge in [0, 0.05) is 13.1 Å². The zero-order valence-electron chi connectivity index (χ0n) is 12.3. The molecule has 2 aromatic carbocycles. The molecular weight excluding hydrogens is 288 g/mol. The smallest absolute Gasteiger partial charge is 0.387 e. The second-order valence-corrected chi connectivity index (χ2v) is 5.08. The third kappa shape index (κ3) is 5.09. The second kappa shape index (κ2) is 7.87. The number of aliphatic hydroxyl groups excluding tert-OH is 1. The fraction of sp³-hybridized carbons (Fsp3) is 0.294. The molecule has 0 aromatic heterocycles. The Morgan fingerprint density at radius 2 is 1.86 bits per heavy atom. The standard InChI is InChI=1S/C17H19F2NO2/c1-12-3-2-4-13(9-12)10-20-11-16(21)14-5-7-15(8-6-14)22-17(18)19/h2-9,16-17,20-21H,10-11H2,1H3. The molecule has 0 amide bonds. The molecule has 0 fully saturated rings. The van der Waals surface area contributed by atoms with Crippen LogP contribution in [0.25, 0.3) is 0 Å². The van der Waals surface area contributed by atoms with Gasteiger partial charge in [-0.25, -0.2) is 0 Å². The lowest BCUT2D eigenvalue weighted by Crippen LogP contribution is -2.21. The van der Waals surface area contributed by atoms with Crippen molar-refractivity contribution < 1.29 is 18.6 Å². The summed E-state index contributed by atoms with van der Waals surface area (Å²) in [5.74, 6) is 0.0821. The SMILES string of the molecule is Cc1cccc(CNCC(O)c2ccc(OC(F)F)cc2)c1. The minimum atomic E-state index is -2.84. The summed E-state index contributed by atoms with van der Waals surface area (Å²) in [4.78, 5) is 0. The van der Waals surface area contributed by atoms with Crippen molar-refractivity contribution in [1.29, 1.82) is 0 Å². The van der Waals surface area contributed by atoms with Crippen molar-refractivity contribution in [1.82, 2.24) is 5.32 Å². The molecule has 3 nitrogen and oxygen atoms in total. The van der Waals surface area contributed by atoms with Gasteiger partial charge in [0.1, 0.15) is 5.75 Å². The lowest BCUT2D eigenvalue weighted by atomic mass is 10.1. The fourth-order valence-corrected chi connectivity index (χ4v) is 2.16. The first-order valence-corrected chi connectivity index (χ1v) is 7.03. The predicted molar refractivity (Wildman–Crippen MR) is 80.9 cm³/mol. The molecule has 5 heteroatoms. The van der Waals surface area contributed by atoms with Gasteiger partial charge in [-0.3, -0.25) is 0 Å². The van der Waals surface area contributed by atoms with Gasteiger partial charge in [0.25, 0.3) is 0 Å². The van der Waals surface area contributed by atoms with Crippen LogP contribution in [0.5, 0.6) is 5.75 Å². The first-order valence-electron chi connectivity index (χ1n) is 7.03. The molecule has 0 saturated heterocycles. The number of nitrogens with one attached hydrogen (secondary N) is 1. The number of halogens is 2. The molecule has 0 spiro atoms. The summed E-state index contributed by atoms with van der Waals surface area (Å²) < 4.78 is 28.4. The maximum atomic E-state index is 12.1. The Morgan fingerprint density at radius 1 is 1.14 bits per heavy atom. The van der Waals surface area contributed by atoms with Crippen molar-refractivity contribution in [2.24, 2.45) is 0 Å². The largest absolute Gasteiger partial charge is 0.435 e. The number of hydrogen-bond acceptors (Lipinski definition) is 3. The van der Waals surface area contributed by atoms with Crippen molar-refractivity contribution in [3.05, 3.63) is 65.2 Å². The highest BCUT2D eigenvalue weighted by molar-refractivity contribution is 5.28. The Labute approximate surface area is 128 Å². The number of benzene rings is 2. The number of hydrogen-bond donors (Lipinski definition) is 2. The molecule has 0 bridgehead atoms. The van der Waals surface area contributed by atoms with Crippen molar-refractivity contribution in [3.63, 3.8) is 0 Å². The molecule has 0 heterocycles. The van der Waals surface area contributed by atoms with Crippen LogP contribution in [0, 0.1) is 6.92 Å². The molecular formula is C17H19F2NO2. The van der Waals surface area contributed by atoms with Crippen LogP contribution in [0.2, 0.25) is 0 Å². The highest BCUT2D eigenvalue weighted by Crippen LogP contribution is 2.19. The van der Waals surface area contributed by atoms with Gasteiger partial charge in [0.15, 0.2) is 0 Å². The Hall–Kier alpha value is -1.98. The molecule has 1 unspecified atom stereocenters. The minimum absolute atomic E-state index is 0.0821. The fourth-order valence-electron chi connectivity index (χ4n) is 2.16. The monoisotopic (exact) mass is 307 g/mol. The van der Waals surface area contributed by atoms with Gasteiger partial charge in [0.05, 0.1) is 6.10 Å². The Kier molecular flexibility index (Phi) is 5.86. The average Bonchev–Trinajstić information content (AvgIpc) is 2.47. The third-order valence-corrected chi connectivity index (χ3v) is 3.24. The summed E-state index contributed by atoms with van der Waals surface area (Å²) in [7, 11) is 0. The molecule has 2 aromatic rings. The molecule has 22 heavy (non-hydrogen) atoms. The molecule has 2 rings (SSSR count). The highest BCUT2D eigenvalue weighted by atomic mass is 19.3. The number of rotatable bonds is 7. The third-order valence-electron chi connectivity index (χ3n) is 3.24. The summed E-state index contributed by atoms with van der Waals surface area (Å²) in [6.45, 7) is 0.224. The highest BCUT2D eigenvalue weighted by Gasteiger charge is 2.09. The van der Waals surface area contributed by atoms with E-state index in [-0.39, 0.29) is 5.75 Å². The van der Waals surface area contributed by atoms with Crippen molar-refractivity contribution in [2.45, 2.75) is 26.2 Å². The van der Waals surface area contributed by atoms with Gasteiger partial charge in [-0.1, -0.05) is 42.0 Å². The Morgan fingerprint density at radius 3 is 2.50 bits per heavy atom. The number of aliphatic hydroxyl groups is 1. The molecule has 0 aliphatic carbocycles. The van der Waals surface area contributed by atoms with E-state index < -0.39 is 12.7 Å². The van der Waals surface area contributed by atoms with E-state index in [0.29, 0.717) is 18.7 Å². The van der Waals surface area contributed by atoms with E-state index >= 15 is 0 Å². The first-order chi connectivity index (χ1) is 10.5. The summed E-state index contributed by atoms with van der Waals surface area (Å²) in [5.41, 5.74) is 2.99. The van der Waals surface area contributed by atoms with E-state index in [0.717, 1.165) is 5.56 Å². The van der Waals surface area contributed by atoms with Crippen LogP contribution in [0.4, 0.5) is 8.78 Å². The molecule has 0 aliphatic rings. The number of alkyl halides is 2. The molecule has 2 N–H and O–H groups in total. The summed E-state index contributed by atoms with van der Waals surface area (Å²) in [6.07, 6.45) is -0.703. The lowest BCUT2D eigenvalue weighted by molar-refractivity contribution is -0.0498. The van der Waals surface area contributed by atoms with Gasteiger partial charge in [-0.2, -0.15) is 8.78 Å². The zero-order chi connectivity index (χ0) is 15.9. The van der Waals surface area contributed by atoms with E-state index in [1.54, 1.807) is 12.1 Å². The molecule has 1 atom stereocenters. The van der Waals surface area contributed by atoms with Gasteiger partial charge < -0.3 is 15.2 Å². The van der Waals surface area contributed by atoms with E-state index in [9.17, 15) is 13.9 Å². The van der Waals surface area contributed by atoms with Crippen LogP contribution in [0.3, 0.4) is 0 Å². The quantitative estimate of drug-likeness (QED) is 0.823. The summed E-state index contributed by atoms with van der Waals surface area (Å²) in [6, 6.07) is 14.1. The predicted octanol–water partition coefficient (Wildman–Crippen LogP) is 3.42. The molecule has 0 aliphatic heterocycles. The van der Waals surface area contributed by atoms with Gasteiger partial charge in [0.2, 0.25) is 0 Å². The van der Waals surface area contributed by atoms with Gasteiger partial charge in [-0.15, -0.1) is 0 Å². The van der Waals surface area contributed by atoms with E-state index in [4.69, 9.17) is 0 Å². The maximum absolute atomic E-state index is 12.1. The van der Waals surface area contributed by atoms with E-state index in [1.165, 1.54) is 17.7 Å². The van der Waals surface area contributed by atoms with Crippen LogP contribution in [0.1, 0.15) is 22.8 Å². The average molecular weight is 307 g/mol. The van der Waals surface area contributed by atoms with Crippen molar-refractivity contribution in [2.75, 3.05) is 6.54 Å². The van der Waals surface area contributed by atoms with Crippen LogP contribution < -0.4 is 10.1 Å². The molecule has 0 radical (unpaired) electrons. The van der Waals surface area contributed by atoms with Crippen molar-refractivity contribution in [3.8, 4) is 5.75 Å². The second-order valence-electron chi connectivity index (χ2n) is 5.08. The molecule has 0 saturated carbocycles. The Balaban J connectivity index is 1.83. The summed E-state index contributed by atoms with van der Waals surface area (Å²) in [5, 5.41) is 13.2. The van der Waals surface area contributed by atoms with Crippen LogP contribution in [0.15, 0.2) is 48.5 Å². The van der Waals surface area contributed by atoms with Crippen LogP contribution in [-0.2, 0) is 6.54 Å². The summed E-state index contributed by atoms with van der Waals surface area (Å²) >= 11 is 0. The topological polar surface area (TPSA) is 41.5 Å². The van der Waals surface area contributed by atoms with Gasteiger partial charge in [-0.05, 0) is 30.2 Å². The number of ether oxygens (including phenoxy) is 1. The first kappa shape index (κ1) is 16.4. The normalized spacial score (nSPS) is 12.4. The lowest BCUT2D eigenvalue weighted by Gasteiger charge is -2.13. The van der Waals surface area contributed by atoms with Gasteiger partial charge >= 0.3 is 6.61 Å². The molecule has 118 valence electrons. The van der Waals surface area contributed by atoms with Crippen LogP contribution in [-0.4, -0.2) is 18.3 Å². The minimum Gasteiger partial charge on any atom is -0.435 e. The van der Waals surface area contributed by atoms with Crippen molar-refractivity contribution >= 4 is 0 Å². The maximum Gasteiger partial charge on any atom is 0.387 e. The number of aryl methyl sites for hydroxylation is 1. The van der Waals surface area contributed by atoms with E-state index in [1.807, 2.05) is 25.1 Å². The zero-order valence-corrected chi connectivity index (χ0v) is 12.3. The van der Waals surface area contributed by atoms with Crippen LogP contribution >= 0.6 is 0 Å². The Bertz CT molecular complexity index is 587. The van der Waals surface area contributed by atoms with E-state index in [2.05, 4.69) is 16.1 Å².